The minimum atomic E-state index is -1.98. The molecule has 0 aromatic carbocycles. The highest BCUT2D eigenvalue weighted by Gasteiger charge is 2.53. The van der Waals surface area contributed by atoms with Crippen LogP contribution in [0.2, 0.25) is 0 Å². The Morgan fingerprint density at radius 2 is 0.880 bits per heavy atom. The van der Waals surface area contributed by atoms with Gasteiger partial charge in [0.2, 0.25) is 5.91 Å². The van der Waals surface area contributed by atoms with Gasteiger partial charge < -0.3 is 89.9 Å². The summed E-state index contributed by atoms with van der Waals surface area (Å²) in [5.41, 5.74) is 0. The molecule has 19 nitrogen and oxygen atoms in total. The van der Waals surface area contributed by atoms with Crippen LogP contribution < -0.4 is 5.32 Å². The Morgan fingerprint density at radius 1 is 0.480 bits per heavy atom. The van der Waals surface area contributed by atoms with Crippen LogP contribution in [0.5, 0.6) is 0 Å². The van der Waals surface area contributed by atoms with Crippen LogP contribution in [0.15, 0.2) is 36.5 Å². The van der Waals surface area contributed by atoms with Crippen LogP contribution in [0.25, 0.3) is 0 Å². The zero-order valence-electron chi connectivity index (χ0n) is 45.3. The third-order valence-electron chi connectivity index (χ3n) is 14.4. The zero-order valence-corrected chi connectivity index (χ0v) is 45.3. The summed E-state index contributed by atoms with van der Waals surface area (Å²) in [7, 11) is 0. The number of ether oxygens (including phenoxy) is 6. The summed E-state index contributed by atoms with van der Waals surface area (Å²) < 4.78 is 34.2. The molecule has 3 heterocycles. The van der Waals surface area contributed by atoms with Gasteiger partial charge in [0.15, 0.2) is 18.9 Å². The third-order valence-corrected chi connectivity index (χ3v) is 14.4. The minimum absolute atomic E-state index is 0.227. The van der Waals surface area contributed by atoms with E-state index in [1.165, 1.54) is 83.5 Å². The lowest BCUT2D eigenvalue weighted by molar-refractivity contribution is -0.379. The summed E-state index contributed by atoms with van der Waals surface area (Å²) in [5, 5.41) is 120. The number of rotatable bonds is 41. The van der Waals surface area contributed by atoms with E-state index >= 15 is 0 Å². The summed E-state index contributed by atoms with van der Waals surface area (Å²) in [4.78, 5) is 13.3. The molecule has 12 N–H and O–H groups in total. The van der Waals surface area contributed by atoms with Crippen LogP contribution in [-0.4, -0.2) is 193 Å². The van der Waals surface area contributed by atoms with Gasteiger partial charge in [-0.1, -0.05) is 159 Å². The van der Waals surface area contributed by atoms with Crippen molar-refractivity contribution in [2.75, 3.05) is 26.4 Å². The Kier molecular flexibility index (Phi) is 36.1. The van der Waals surface area contributed by atoms with E-state index in [0.717, 1.165) is 70.6 Å². The predicted octanol–water partition coefficient (Wildman–Crippen LogP) is 4.15. The Hall–Kier alpha value is -1.99. The lowest BCUT2D eigenvalue weighted by atomic mass is 9.96. The standard InChI is InChI=1S/C56H101NO18/c1-3-5-7-9-11-13-15-17-19-21-23-25-27-29-31-33-40(61)39(57-44(62)34-32-30-28-26-24-22-20-18-16-14-12-10-8-6-4-2)38-70-54-50(68)47(65)52(42(36-59)72-54)75-56-51(69)48(66)53(43(37-60)73-56)74-55-49(67)46(64)45(63)41(35-58)71-55/h12,14,18,20,31,33,39-43,45-56,58-61,63-69H,3-11,13,15-17,19,21-30,32,34-38H2,1-2H3,(H,57,62)/b14-12-,20-18-,33-31+. The van der Waals surface area contributed by atoms with Crippen molar-refractivity contribution in [3.63, 3.8) is 0 Å². The number of allylic oxidation sites excluding steroid dienone is 5. The highest BCUT2D eigenvalue weighted by Crippen LogP contribution is 2.33. The Morgan fingerprint density at radius 3 is 1.39 bits per heavy atom. The van der Waals surface area contributed by atoms with Crippen molar-refractivity contribution >= 4 is 5.91 Å². The van der Waals surface area contributed by atoms with E-state index in [1.54, 1.807) is 6.08 Å². The second-order valence-corrected chi connectivity index (χ2v) is 20.8. The van der Waals surface area contributed by atoms with E-state index < -0.39 is 124 Å². The SMILES string of the molecule is CCCCC/C=C\C/C=C\CCCCCCCC(=O)NC(COC1OC(CO)C(OC2OC(CO)C(OC3OC(CO)C(O)C(O)C3O)C(O)C2O)C(O)C1O)C(O)/C=C/CCCCCCCCCCCCCCC. The molecule has 3 aliphatic rings. The van der Waals surface area contributed by atoms with Crippen LogP contribution in [-0.2, 0) is 33.2 Å². The summed E-state index contributed by atoms with van der Waals surface area (Å²) >= 11 is 0. The van der Waals surface area contributed by atoms with E-state index in [0.29, 0.717) is 6.42 Å². The van der Waals surface area contributed by atoms with Crippen molar-refractivity contribution < 1.29 is 89.4 Å². The molecule has 0 saturated carbocycles. The molecule has 0 bridgehead atoms. The second kappa shape index (κ2) is 40.2. The number of nitrogens with one attached hydrogen (secondary N) is 1. The van der Waals surface area contributed by atoms with E-state index in [9.17, 15) is 61.0 Å². The zero-order chi connectivity index (χ0) is 54.8. The fraction of sp³-hybridized carbons (Fsp3) is 0.875. The van der Waals surface area contributed by atoms with Gasteiger partial charge in [-0.3, -0.25) is 4.79 Å². The number of unbranched alkanes of at least 4 members (excludes halogenated alkanes) is 21. The minimum Gasteiger partial charge on any atom is -0.394 e. The summed E-state index contributed by atoms with van der Waals surface area (Å²) in [5.74, 6) is -0.291. The lowest BCUT2D eigenvalue weighted by Crippen LogP contribution is -2.66. The fourth-order valence-electron chi connectivity index (χ4n) is 9.63. The number of aliphatic hydroxyl groups is 11. The van der Waals surface area contributed by atoms with Gasteiger partial charge in [0.1, 0.15) is 73.2 Å². The van der Waals surface area contributed by atoms with Gasteiger partial charge in [0.25, 0.3) is 0 Å². The molecule has 1 amide bonds. The van der Waals surface area contributed by atoms with Crippen LogP contribution in [0, 0.1) is 0 Å². The van der Waals surface area contributed by atoms with Gasteiger partial charge in [-0.15, -0.1) is 0 Å². The number of hydrogen-bond donors (Lipinski definition) is 12. The second-order valence-electron chi connectivity index (χ2n) is 20.8. The molecule has 17 atom stereocenters. The van der Waals surface area contributed by atoms with E-state index in [4.69, 9.17) is 28.4 Å². The van der Waals surface area contributed by atoms with E-state index in [-0.39, 0.29) is 18.9 Å². The van der Waals surface area contributed by atoms with Gasteiger partial charge in [0.05, 0.1) is 38.6 Å². The van der Waals surface area contributed by atoms with Gasteiger partial charge in [-0.25, -0.2) is 0 Å². The molecule has 17 unspecified atom stereocenters. The average molecular weight is 1080 g/mol. The van der Waals surface area contributed by atoms with Crippen molar-refractivity contribution in [3.8, 4) is 0 Å². The molecule has 0 aliphatic carbocycles. The largest absolute Gasteiger partial charge is 0.394 e. The molecule has 75 heavy (non-hydrogen) atoms. The van der Waals surface area contributed by atoms with E-state index in [1.807, 2.05) is 6.08 Å². The van der Waals surface area contributed by atoms with Crippen LogP contribution in [0.4, 0.5) is 0 Å². The van der Waals surface area contributed by atoms with Gasteiger partial charge in [-0.2, -0.15) is 0 Å². The molecular weight excluding hydrogens is 975 g/mol. The number of aliphatic hydroxyl groups excluding tert-OH is 11. The average Bonchev–Trinajstić information content (AvgIpc) is 3.41. The maximum atomic E-state index is 13.3. The molecule has 3 fully saturated rings. The first-order valence-electron chi connectivity index (χ1n) is 28.7. The van der Waals surface area contributed by atoms with Gasteiger partial charge in [-0.05, 0) is 51.4 Å². The number of hydrogen-bond acceptors (Lipinski definition) is 18. The quantitative estimate of drug-likeness (QED) is 0.0302. The molecule has 3 rings (SSSR count). The van der Waals surface area contributed by atoms with Gasteiger partial charge >= 0.3 is 0 Å². The Bertz CT molecular complexity index is 1520. The molecule has 3 saturated heterocycles. The van der Waals surface area contributed by atoms with Crippen molar-refractivity contribution in [2.45, 2.75) is 285 Å². The molecule has 19 heteroatoms. The first-order valence-corrected chi connectivity index (χ1v) is 28.7. The third kappa shape index (κ3) is 24.9. The molecular formula is C56H101NO18. The number of carbonyl (C=O) groups is 1. The monoisotopic (exact) mass is 1080 g/mol. The first-order chi connectivity index (χ1) is 36.3. The van der Waals surface area contributed by atoms with Crippen molar-refractivity contribution in [2.24, 2.45) is 0 Å². The fourth-order valence-corrected chi connectivity index (χ4v) is 9.63. The van der Waals surface area contributed by atoms with Crippen LogP contribution >= 0.6 is 0 Å². The maximum absolute atomic E-state index is 13.3. The molecule has 0 aromatic heterocycles. The summed E-state index contributed by atoms with van der Waals surface area (Å²) in [6.07, 6.45) is 14.1. The lowest BCUT2D eigenvalue weighted by Gasteiger charge is -2.48. The number of carbonyl (C=O) groups excluding carboxylic acids is 1. The molecule has 0 spiro atoms. The van der Waals surface area contributed by atoms with Crippen LogP contribution in [0.3, 0.4) is 0 Å². The van der Waals surface area contributed by atoms with Gasteiger partial charge in [0, 0.05) is 6.42 Å². The highest BCUT2D eigenvalue weighted by molar-refractivity contribution is 5.76. The maximum Gasteiger partial charge on any atom is 0.220 e. The first kappa shape index (κ1) is 67.3. The molecule has 3 aliphatic heterocycles. The topological polar surface area (TPSA) is 307 Å². The number of amides is 1. The van der Waals surface area contributed by atoms with Crippen molar-refractivity contribution in [1.29, 1.82) is 0 Å². The van der Waals surface area contributed by atoms with E-state index in [2.05, 4.69) is 43.5 Å². The van der Waals surface area contributed by atoms with Crippen molar-refractivity contribution in [1.82, 2.24) is 5.32 Å². The summed E-state index contributed by atoms with van der Waals surface area (Å²) in [6, 6.07) is -0.978. The Labute approximate surface area is 447 Å². The Balaban J connectivity index is 1.54. The molecule has 0 aromatic rings. The highest BCUT2D eigenvalue weighted by atomic mass is 16.8. The van der Waals surface area contributed by atoms with Crippen molar-refractivity contribution in [3.05, 3.63) is 36.5 Å². The normalized spacial score (nSPS) is 31.5. The van der Waals surface area contributed by atoms with Crippen LogP contribution in [0.1, 0.15) is 181 Å². The smallest absolute Gasteiger partial charge is 0.220 e. The summed E-state index contributed by atoms with van der Waals surface area (Å²) in [6.45, 7) is 1.66. The molecule has 0 radical (unpaired) electrons. The predicted molar refractivity (Wildman–Crippen MR) is 282 cm³/mol. The molecule has 438 valence electrons.